The van der Waals surface area contributed by atoms with Crippen molar-refractivity contribution >= 4 is 21.8 Å². The molecule has 0 aliphatic heterocycles. The first-order valence-corrected chi connectivity index (χ1v) is 12.6. The molecule has 7 rings (SSSR count). The van der Waals surface area contributed by atoms with Crippen LogP contribution in [0.25, 0.3) is 49.7 Å². The summed E-state index contributed by atoms with van der Waals surface area (Å²) in [6.07, 6.45) is 8.47. The Morgan fingerprint density at radius 2 is 1.25 bits per heavy atom. The standard InChI is InChI=1S/C33H29N3/c1-33(2)29-8-6-5-7-25(29)26-20-28-27-19-23(22-11-15-34(3)16-12-22)9-10-31(27)36(32(28)21-30(26)33)24-13-17-35(4)18-14-24/h5-21H,1-4H3/q+2. The van der Waals surface area contributed by atoms with Crippen molar-refractivity contribution in [2.75, 3.05) is 0 Å². The van der Waals surface area contributed by atoms with E-state index in [4.69, 9.17) is 0 Å². The molecule has 0 saturated heterocycles. The third kappa shape index (κ3) is 2.92. The van der Waals surface area contributed by atoms with Crippen LogP contribution in [-0.4, -0.2) is 4.57 Å². The summed E-state index contributed by atoms with van der Waals surface area (Å²) in [4.78, 5) is 0. The Hall–Kier alpha value is -4.24. The van der Waals surface area contributed by atoms with Gasteiger partial charge in [-0.2, -0.15) is 0 Å². The summed E-state index contributed by atoms with van der Waals surface area (Å²) in [6.45, 7) is 4.71. The number of benzene rings is 3. The summed E-state index contributed by atoms with van der Waals surface area (Å²) >= 11 is 0. The smallest absolute Gasteiger partial charge is 0.170 e. The van der Waals surface area contributed by atoms with Crippen LogP contribution in [0.2, 0.25) is 0 Å². The minimum atomic E-state index is -0.0325. The second-order valence-corrected chi connectivity index (χ2v) is 10.6. The van der Waals surface area contributed by atoms with Gasteiger partial charge in [0.1, 0.15) is 14.1 Å². The van der Waals surface area contributed by atoms with Gasteiger partial charge in [0.2, 0.25) is 0 Å². The molecule has 174 valence electrons. The van der Waals surface area contributed by atoms with E-state index in [1.165, 1.54) is 60.9 Å². The van der Waals surface area contributed by atoms with Crippen molar-refractivity contribution in [1.82, 2.24) is 4.57 Å². The number of aromatic nitrogens is 3. The lowest BCUT2D eigenvalue weighted by Crippen LogP contribution is -2.26. The van der Waals surface area contributed by atoms with Gasteiger partial charge in [0.25, 0.3) is 0 Å². The molecule has 3 nitrogen and oxygen atoms in total. The number of hydrogen-bond donors (Lipinski definition) is 0. The van der Waals surface area contributed by atoms with Gasteiger partial charge in [-0.25, -0.2) is 9.13 Å². The fourth-order valence-corrected chi connectivity index (χ4v) is 6.01. The normalized spacial score (nSPS) is 13.8. The van der Waals surface area contributed by atoms with E-state index in [1.54, 1.807) is 0 Å². The molecule has 3 aromatic carbocycles. The largest absolute Gasteiger partial charge is 0.309 e. The first-order valence-electron chi connectivity index (χ1n) is 12.6. The van der Waals surface area contributed by atoms with Crippen molar-refractivity contribution in [2.45, 2.75) is 19.3 Å². The Labute approximate surface area is 211 Å². The number of rotatable bonds is 2. The highest BCUT2D eigenvalue weighted by molar-refractivity contribution is 6.12. The van der Waals surface area contributed by atoms with E-state index in [0.717, 1.165) is 0 Å². The van der Waals surface area contributed by atoms with E-state index in [2.05, 4.69) is 145 Å². The van der Waals surface area contributed by atoms with E-state index < -0.39 is 0 Å². The number of fused-ring (bicyclic) bond motifs is 6. The lowest BCUT2D eigenvalue weighted by Gasteiger charge is -2.21. The first kappa shape index (κ1) is 21.1. The highest BCUT2D eigenvalue weighted by Crippen LogP contribution is 2.51. The molecular formula is C33H29N3+2. The highest BCUT2D eigenvalue weighted by Gasteiger charge is 2.36. The summed E-state index contributed by atoms with van der Waals surface area (Å²) in [7, 11) is 4.12. The maximum absolute atomic E-state index is 2.44. The van der Waals surface area contributed by atoms with Gasteiger partial charge < -0.3 is 4.57 Å². The van der Waals surface area contributed by atoms with Gasteiger partial charge in [-0.05, 0) is 57.6 Å². The molecule has 0 N–H and O–H groups in total. The quantitative estimate of drug-likeness (QED) is 0.261. The topological polar surface area (TPSA) is 12.7 Å². The van der Waals surface area contributed by atoms with E-state index in [-0.39, 0.29) is 5.41 Å². The molecule has 6 aromatic rings. The van der Waals surface area contributed by atoms with Gasteiger partial charge in [0, 0.05) is 40.5 Å². The van der Waals surface area contributed by atoms with Crippen molar-refractivity contribution in [3.8, 4) is 27.9 Å². The Bertz CT molecular complexity index is 1800. The predicted molar refractivity (Wildman–Crippen MR) is 146 cm³/mol. The summed E-state index contributed by atoms with van der Waals surface area (Å²) < 4.78 is 6.59. The number of aryl methyl sites for hydroxylation is 2. The average molecular weight is 468 g/mol. The molecule has 0 atom stereocenters. The van der Waals surface area contributed by atoms with Gasteiger partial charge in [-0.15, -0.1) is 0 Å². The fraction of sp³-hybridized carbons (Fsp3) is 0.152. The molecule has 0 spiro atoms. The van der Waals surface area contributed by atoms with Crippen LogP contribution in [0, 0.1) is 0 Å². The highest BCUT2D eigenvalue weighted by atomic mass is 15.0. The third-order valence-corrected chi connectivity index (χ3v) is 8.00. The molecule has 0 radical (unpaired) electrons. The van der Waals surface area contributed by atoms with Crippen molar-refractivity contribution in [1.29, 1.82) is 0 Å². The molecule has 3 heteroatoms. The molecule has 0 fully saturated rings. The molecule has 1 aliphatic carbocycles. The monoisotopic (exact) mass is 467 g/mol. The van der Waals surface area contributed by atoms with E-state index in [1.807, 2.05) is 0 Å². The molecule has 0 amide bonds. The first-order chi connectivity index (χ1) is 17.4. The lowest BCUT2D eigenvalue weighted by atomic mass is 9.82. The van der Waals surface area contributed by atoms with Crippen LogP contribution < -0.4 is 9.13 Å². The van der Waals surface area contributed by atoms with Crippen LogP contribution in [0.4, 0.5) is 0 Å². The van der Waals surface area contributed by atoms with Gasteiger partial charge in [-0.1, -0.05) is 44.2 Å². The van der Waals surface area contributed by atoms with Crippen LogP contribution >= 0.6 is 0 Å². The van der Waals surface area contributed by atoms with Gasteiger partial charge in [0.05, 0.1) is 16.7 Å². The number of hydrogen-bond acceptors (Lipinski definition) is 0. The summed E-state index contributed by atoms with van der Waals surface area (Å²) in [5.74, 6) is 0. The zero-order valence-electron chi connectivity index (χ0n) is 21.2. The van der Waals surface area contributed by atoms with Crippen LogP contribution in [0.1, 0.15) is 25.0 Å². The van der Waals surface area contributed by atoms with E-state index in [0.29, 0.717) is 0 Å². The maximum atomic E-state index is 2.44. The van der Waals surface area contributed by atoms with Crippen LogP contribution in [-0.2, 0) is 19.5 Å². The average Bonchev–Trinajstić information content (AvgIpc) is 3.32. The second kappa shape index (κ2) is 7.38. The van der Waals surface area contributed by atoms with Crippen LogP contribution in [0.3, 0.4) is 0 Å². The van der Waals surface area contributed by atoms with Gasteiger partial charge >= 0.3 is 0 Å². The molecule has 3 aromatic heterocycles. The Balaban J connectivity index is 1.58. The van der Waals surface area contributed by atoms with E-state index in [9.17, 15) is 0 Å². The minimum absolute atomic E-state index is 0.0325. The third-order valence-electron chi connectivity index (χ3n) is 8.00. The molecule has 0 bridgehead atoms. The van der Waals surface area contributed by atoms with Crippen LogP contribution in [0.5, 0.6) is 0 Å². The van der Waals surface area contributed by atoms with Crippen molar-refractivity contribution in [3.63, 3.8) is 0 Å². The van der Waals surface area contributed by atoms with Crippen LogP contribution in [0.15, 0.2) is 104 Å². The lowest BCUT2D eigenvalue weighted by molar-refractivity contribution is -0.671. The van der Waals surface area contributed by atoms with Gasteiger partial charge in [0.15, 0.2) is 24.8 Å². The Morgan fingerprint density at radius 1 is 0.583 bits per heavy atom. The summed E-state index contributed by atoms with van der Waals surface area (Å²) in [5, 5.41) is 2.58. The number of pyridine rings is 2. The predicted octanol–water partition coefficient (Wildman–Crippen LogP) is 6.41. The molecule has 0 saturated carbocycles. The zero-order valence-corrected chi connectivity index (χ0v) is 21.2. The zero-order chi connectivity index (χ0) is 24.6. The van der Waals surface area contributed by atoms with Crippen molar-refractivity contribution in [3.05, 3.63) is 115 Å². The SMILES string of the molecule is C[n+]1ccc(-c2ccc3c(c2)c2cc4c(cc2n3-c2cc[n+](C)cc2)C(C)(C)c2ccccc2-4)cc1. The molecule has 36 heavy (non-hydrogen) atoms. The van der Waals surface area contributed by atoms with Gasteiger partial charge in [-0.3, -0.25) is 0 Å². The number of nitrogens with zero attached hydrogens (tertiary/aromatic N) is 3. The molecular weight excluding hydrogens is 438 g/mol. The molecule has 0 unspecified atom stereocenters. The Kier molecular flexibility index (Phi) is 4.32. The van der Waals surface area contributed by atoms with E-state index >= 15 is 0 Å². The molecule has 1 aliphatic rings. The summed E-state index contributed by atoms with van der Waals surface area (Å²) in [6, 6.07) is 29.5. The van der Waals surface area contributed by atoms with Crippen molar-refractivity contribution < 1.29 is 9.13 Å². The molecule has 3 heterocycles. The summed E-state index contributed by atoms with van der Waals surface area (Å²) in [5.41, 5.74) is 11.6. The van der Waals surface area contributed by atoms with Crippen molar-refractivity contribution in [2.24, 2.45) is 14.1 Å². The second-order valence-electron chi connectivity index (χ2n) is 10.6. The minimum Gasteiger partial charge on any atom is -0.309 e. The fourth-order valence-electron chi connectivity index (χ4n) is 6.01. The maximum Gasteiger partial charge on any atom is 0.170 e. The Morgan fingerprint density at radius 3 is 2.00 bits per heavy atom.